The molecule has 0 aliphatic heterocycles. The van der Waals surface area contributed by atoms with Gasteiger partial charge in [-0.05, 0) is 6.92 Å². The first kappa shape index (κ1) is 12.7. The molecule has 0 aromatic carbocycles. The molecule has 0 amide bonds. The van der Waals surface area contributed by atoms with E-state index < -0.39 is 0 Å². The van der Waals surface area contributed by atoms with Crippen molar-refractivity contribution >= 4 is 17.6 Å². The summed E-state index contributed by atoms with van der Waals surface area (Å²) in [4.78, 5) is 15.7. The van der Waals surface area contributed by atoms with Crippen LogP contribution in [0.4, 0.5) is 5.82 Å². The molecule has 1 heterocycles. The molecule has 0 saturated heterocycles. The minimum Gasteiger partial charge on any atom is -0.365 e. The van der Waals surface area contributed by atoms with Crippen molar-refractivity contribution in [3.8, 4) is 12.3 Å². The van der Waals surface area contributed by atoms with E-state index in [0.717, 1.165) is 5.75 Å². The van der Waals surface area contributed by atoms with Gasteiger partial charge in [-0.2, -0.15) is 0 Å². The maximum absolute atomic E-state index is 11.7. The van der Waals surface area contributed by atoms with Crippen LogP contribution in [-0.2, 0) is 6.54 Å². The number of anilines is 1. The van der Waals surface area contributed by atoms with Gasteiger partial charge in [-0.1, -0.05) is 5.92 Å². The third-order valence-corrected chi connectivity index (χ3v) is 2.84. The molecule has 1 aromatic rings. The Bertz CT molecular complexity index is 422. The number of rotatable bonds is 6. The molecular weight excluding hydrogens is 222 g/mol. The van der Waals surface area contributed by atoms with Crippen LogP contribution in [0.25, 0.3) is 0 Å². The first-order chi connectivity index (χ1) is 7.79. The summed E-state index contributed by atoms with van der Waals surface area (Å²) in [6.45, 7) is 3.28. The molecule has 0 atom stereocenters. The zero-order valence-corrected chi connectivity index (χ0v) is 10.1. The normalized spacial score (nSPS) is 9.75. The third kappa shape index (κ3) is 3.63. The molecule has 4 nitrogen and oxygen atoms in total. The number of hydrogen-bond donors (Lipinski definition) is 1. The van der Waals surface area contributed by atoms with Crippen LogP contribution < -0.4 is 10.9 Å². The fourth-order valence-electron chi connectivity index (χ4n) is 1.19. The molecule has 0 radical (unpaired) electrons. The molecule has 86 valence electrons. The zero-order valence-electron chi connectivity index (χ0n) is 9.27. The van der Waals surface area contributed by atoms with Crippen LogP contribution in [0, 0.1) is 12.3 Å². The molecule has 0 unspecified atom stereocenters. The first-order valence-electron chi connectivity index (χ1n) is 5.10. The molecule has 0 bridgehead atoms. The minimum atomic E-state index is -0.0769. The standard InChI is InChI=1S/C11H15N3OS/c1-3-8-16-9-6-13-10-11(15)14(4-2)7-5-12-10/h1,5,7H,4,6,8-9H2,2H3,(H,12,13). The van der Waals surface area contributed by atoms with E-state index in [4.69, 9.17) is 6.42 Å². The molecule has 0 spiro atoms. The lowest BCUT2D eigenvalue weighted by molar-refractivity contribution is 0.719. The summed E-state index contributed by atoms with van der Waals surface area (Å²) >= 11 is 1.65. The first-order valence-corrected chi connectivity index (χ1v) is 6.25. The highest BCUT2D eigenvalue weighted by molar-refractivity contribution is 7.99. The van der Waals surface area contributed by atoms with Crippen molar-refractivity contribution in [1.82, 2.24) is 9.55 Å². The van der Waals surface area contributed by atoms with E-state index in [2.05, 4.69) is 16.2 Å². The molecule has 0 fully saturated rings. The maximum atomic E-state index is 11.7. The van der Waals surface area contributed by atoms with Crippen molar-refractivity contribution in [1.29, 1.82) is 0 Å². The van der Waals surface area contributed by atoms with Crippen molar-refractivity contribution in [2.45, 2.75) is 13.5 Å². The molecule has 1 N–H and O–H groups in total. The summed E-state index contributed by atoms with van der Waals surface area (Å²) in [5, 5.41) is 3.01. The Kier molecular flexibility index (Phi) is 5.51. The number of aromatic nitrogens is 2. The van der Waals surface area contributed by atoms with Crippen molar-refractivity contribution in [2.24, 2.45) is 0 Å². The Morgan fingerprint density at radius 2 is 2.50 bits per heavy atom. The van der Waals surface area contributed by atoms with Gasteiger partial charge in [-0.25, -0.2) is 4.98 Å². The summed E-state index contributed by atoms with van der Waals surface area (Å²) in [7, 11) is 0. The van der Waals surface area contributed by atoms with E-state index in [-0.39, 0.29) is 5.56 Å². The Balaban J connectivity index is 2.49. The molecule has 16 heavy (non-hydrogen) atoms. The quantitative estimate of drug-likeness (QED) is 0.593. The van der Waals surface area contributed by atoms with Crippen LogP contribution in [0.15, 0.2) is 17.2 Å². The highest BCUT2D eigenvalue weighted by atomic mass is 32.2. The fraction of sp³-hybridized carbons (Fsp3) is 0.455. The van der Waals surface area contributed by atoms with Gasteiger partial charge in [0.15, 0.2) is 5.82 Å². The number of terminal acetylenes is 1. The summed E-state index contributed by atoms with van der Waals surface area (Å²) in [6.07, 6.45) is 8.43. The van der Waals surface area contributed by atoms with E-state index >= 15 is 0 Å². The van der Waals surface area contributed by atoms with Crippen LogP contribution in [0.5, 0.6) is 0 Å². The van der Waals surface area contributed by atoms with Gasteiger partial charge in [0.1, 0.15) is 0 Å². The largest absolute Gasteiger partial charge is 0.365 e. The summed E-state index contributed by atoms with van der Waals surface area (Å²) in [6, 6.07) is 0. The van der Waals surface area contributed by atoms with Gasteiger partial charge in [0.25, 0.3) is 5.56 Å². The Morgan fingerprint density at radius 1 is 1.69 bits per heavy atom. The van der Waals surface area contributed by atoms with Gasteiger partial charge in [0, 0.05) is 31.2 Å². The van der Waals surface area contributed by atoms with Gasteiger partial charge >= 0.3 is 0 Å². The number of nitrogens with zero attached hydrogens (tertiary/aromatic N) is 2. The van der Waals surface area contributed by atoms with Crippen LogP contribution in [0.3, 0.4) is 0 Å². The molecule has 0 aliphatic carbocycles. The van der Waals surface area contributed by atoms with Crippen molar-refractivity contribution in [3.05, 3.63) is 22.7 Å². The van der Waals surface area contributed by atoms with Crippen molar-refractivity contribution < 1.29 is 0 Å². The fourth-order valence-corrected chi connectivity index (χ4v) is 1.70. The molecular formula is C11H15N3OS. The molecule has 1 aromatic heterocycles. The minimum absolute atomic E-state index is 0.0769. The van der Waals surface area contributed by atoms with Crippen LogP contribution in [-0.4, -0.2) is 27.6 Å². The maximum Gasteiger partial charge on any atom is 0.293 e. The van der Waals surface area contributed by atoms with Gasteiger partial charge < -0.3 is 9.88 Å². The second kappa shape index (κ2) is 6.96. The smallest absolute Gasteiger partial charge is 0.293 e. The van der Waals surface area contributed by atoms with Gasteiger partial charge in [0.05, 0.1) is 5.75 Å². The van der Waals surface area contributed by atoms with Crippen LogP contribution >= 0.6 is 11.8 Å². The van der Waals surface area contributed by atoms with E-state index in [0.29, 0.717) is 24.7 Å². The third-order valence-electron chi connectivity index (χ3n) is 1.98. The molecule has 0 aliphatic rings. The van der Waals surface area contributed by atoms with Gasteiger partial charge in [-0.3, -0.25) is 4.79 Å². The van der Waals surface area contributed by atoms with Gasteiger partial charge in [-0.15, -0.1) is 18.2 Å². The number of aryl methyl sites for hydroxylation is 1. The van der Waals surface area contributed by atoms with Crippen molar-refractivity contribution in [3.63, 3.8) is 0 Å². The highest BCUT2D eigenvalue weighted by Gasteiger charge is 2.01. The second-order valence-electron chi connectivity index (χ2n) is 3.05. The van der Waals surface area contributed by atoms with Crippen LogP contribution in [0.1, 0.15) is 6.92 Å². The zero-order chi connectivity index (χ0) is 11.8. The summed E-state index contributed by atoms with van der Waals surface area (Å²) < 4.78 is 1.61. The summed E-state index contributed by atoms with van der Waals surface area (Å²) in [5.74, 6) is 4.52. The van der Waals surface area contributed by atoms with Gasteiger partial charge in [0.2, 0.25) is 0 Å². The Hall–Kier alpha value is -1.41. The van der Waals surface area contributed by atoms with E-state index in [1.807, 2.05) is 6.92 Å². The van der Waals surface area contributed by atoms with Crippen molar-refractivity contribution in [2.75, 3.05) is 23.4 Å². The second-order valence-corrected chi connectivity index (χ2v) is 4.16. The lowest BCUT2D eigenvalue weighted by atomic mass is 10.5. The lowest BCUT2D eigenvalue weighted by Crippen LogP contribution is -2.24. The van der Waals surface area contributed by atoms with E-state index in [1.165, 1.54) is 0 Å². The topological polar surface area (TPSA) is 46.9 Å². The summed E-state index contributed by atoms with van der Waals surface area (Å²) in [5.41, 5.74) is -0.0769. The Labute approximate surface area is 99.5 Å². The number of thioether (sulfide) groups is 1. The molecule has 5 heteroatoms. The average molecular weight is 237 g/mol. The van der Waals surface area contributed by atoms with Crippen LogP contribution in [0.2, 0.25) is 0 Å². The number of hydrogen-bond acceptors (Lipinski definition) is 4. The average Bonchev–Trinajstić information content (AvgIpc) is 2.31. The SMILES string of the molecule is C#CCSCCNc1nccn(CC)c1=O. The predicted molar refractivity (Wildman–Crippen MR) is 68.8 cm³/mol. The number of nitrogens with one attached hydrogen (secondary N) is 1. The van der Waals surface area contributed by atoms with E-state index in [1.54, 1.807) is 28.7 Å². The molecule has 0 saturated carbocycles. The predicted octanol–water partition coefficient (Wildman–Crippen LogP) is 1.04. The van der Waals surface area contributed by atoms with E-state index in [9.17, 15) is 4.79 Å². The monoisotopic (exact) mass is 237 g/mol. The Morgan fingerprint density at radius 3 is 3.19 bits per heavy atom. The molecule has 1 rings (SSSR count). The highest BCUT2D eigenvalue weighted by Crippen LogP contribution is 1.98. The lowest BCUT2D eigenvalue weighted by Gasteiger charge is -2.06.